The predicted octanol–water partition coefficient (Wildman–Crippen LogP) is 4.07. The average molecular weight is 459 g/mol. The summed E-state index contributed by atoms with van der Waals surface area (Å²) in [5, 5.41) is 18.0. The highest BCUT2D eigenvalue weighted by atomic mass is 35.5. The van der Waals surface area contributed by atoms with Gasteiger partial charge in [0.15, 0.2) is 18.1 Å². The van der Waals surface area contributed by atoms with Crippen LogP contribution in [-0.4, -0.2) is 39.3 Å². The van der Waals surface area contributed by atoms with Crippen molar-refractivity contribution >= 4 is 29.1 Å². The topological polar surface area (TPSA) is 103 Å². The molecule has 32 heavy (non-hydrogen) atoms. The Bertz CT molecular complexity index is 1040. The van der Waals surface area contributed by atoms with Crippen LogP contribution < -0.4 is 20.1 Å². The van der Waals surface area contributed by atoms with Gasteiger partial charge in [-0.3, -0.25) is 4.79 Å². The Balaban J connectivity index is 1.65. The van der Waals surface area contributed by atoms with E-state index in [4.69, 9.17) is 21.1 Å². The van der Waals surface area contributed by atoms with E-state index in [1.807, 2.05) is 44.2 Å². The first-order valence-electron chi connectivity index (χ1n) is 10.4. The van der Waals surface area contributed by atoms with Crippen molar-refractivity contribution in [1.82, 2.24) is 20.2 Å². The molecule has 0 bridgehead atoms. The van der Waals surface area contributed by atoms with Gasteiger partial charge in [0, 0.05) is 18.8 Å². The number of hydrogen-bond acceptors (Lipinski definition) is 7. The van der Waals surface area contributed by atoms with E-state index in [0.29, 0.717) is 41.3 Å². The maximum atomic E-state index is 12.3. The molecule has 3 aromatic rings. The highest BCUT2D eigenvalue weighted by Gasteiger charge is 2.15. The van der Waals surface area contributed by atoms with Gasteiger partial charge in [-0.05, 0) is 60.5 Å². The Morgan fingerprint density at radius 3 is 2.66 bits per heavy atom. The van der Waals surface area contributed by atoms with Crippen molar-refractivity contribution in [2.45, 2.75) is 40.3 Å². The summed E-state index contributed by atoms with van der Waals surface area (Å²) in [5.74, 6) is 1.08. The fraction of sp³-hybridized carbons (Fsp3) is 0.364. The zero-order valence-corrected chi connectivity index (χ0v) is 19.1. The van der Waals surface area contributed by atoms with Crippen molar-refractivity contribution in [1.29, 1.82) is 0 Å². The van der Waals surface area contributed by atoms with Crippen LogP contribution in [0.25, 0.3) is 0 Å². The van der Waals surface area contributed by atoms with E-state index in [1.54, 1.807) is 10.7 Å². The molecule has 170 valence electrons. The number of nitrogens with one attached hydrogen (secondary N) is 2. The minimum Gasteiger partial charge on any atom is -0.490 e. The van der Waals surface area contributed by atoms with Crippen LogP contribution in [0.3, 0.4) is 0 Å². The van der Waals surface area contributed by atoms with Gasteiger partial charge in [-0.15, -0.1) is 0 Å². The lowest BCUT2D eigenvalue weighted by molar-refractivity contribution is -0.118. The van der Waals surface area contributed by atoms with Gasteiger partial charge in [0.1, 0.15) is 0 Å². The quantitative estimate of drug-likeness (QED) is 0.446. The molecular weight excluding hydrogens is 432 g/mol. The van der Waals surface area contributed by atoms with Gasteiger partial charge in [0.25, 0.3) is 5.91 Å². The molecule has 0 aliphatic carbocycles. The molecule has 0 radical (unpaired) electrons. The van der Waals surface area contributed by atoms with E-state index in [9.17, 15) is 4.79 Å². The van der Waals surface area contributed by atoms with E-state index >= 15 is 0 Å². The monoisotopic (exact) mass is 458 g/mol. The van der Waals surface area contributed by atoms with Crippen LogP contribution in [0.5, 0.6) is 11.5 Å². The van der Waals surface area contributed by atoms with Gasteiger partial charge in [-0.2, -0.15) is 0 Å². The molecule has 0 saturated carbocycles. The van der Waals surface area contributed by atoms with Gasteiger partial charge in [0.05, 0.1) is 11.6 Å². The molecule has 2 aromatic carbocycles. The first-order valence-corrected chi connectivity index (χ1v) is 10.8. The van der Waals surface area contributed by atoms with Crippen LogP contribution in [-0.2, 0) is 17.9 Å². The summed E-state index contributed by atoms with van der Waals surface area (Å²) < 4.78 is 13.1. The normalized spacial score (nSPS) is 10.6. The van der Waals surface area contributed by atoms with Crippen molar-refractivity contribution < 1.29 is 14.3 Å². The maximum Gasteiger partial charge on any atom is 0.262 e. The van der Waals surface area contributed by atoms with Crippen LogP contribution in [0.4, 0.5) is 11.6 Å². The molecule has 10 heteroatoms. The Morgan fingerprint density at radius 1 is 1.16 bits per heavy atom. The number of anilines is 2. The number of halogens is 1. The second-order valence-electron chi connectivity index (χ2n) is 7.12. The summed E-state index contributed by atoms with van der Waals surface area (Å²) >= 11 is 6.46. The van der Waals surface area contributed by atoms with E-state index in [0.717, 1.165) is 24.1 Å². The molecule has 1 amide bonds. The standard InChI is InChI=1S/C22H27ClN6O3/c1-4-10-29-22(26-27-28-29)24-13-16-11-18(23)21(19(12-16)31-5-2)32-14-20(30)25-17-8-6-15(3)7-9-17/h6-9,11-12H,4-5,10,13-14H2,1-3H3,(H,25,30)(H,24,26,28). The minimum atomic E-state index is -0.291. The second-order valence-corrected chi connectivity index (χ2v) is 7.53. The molecule has 0 aliphatic heterocycles. The Hall–Kier alpha value is -3.33. The van der Waals surface area contributed by atoms with Crippen molar-refractivity contribution in [3.05, 3.63) is 52.5 Å². The fourth-order valence-electron chi connectivity index (χ4n) is 2.97. The summed E-state index contributed by atoms with van der Waals surface area (Å²) in [6, 6.07) is 11.1. The van der Waals surface area contributed by atoms with Crippen molar-refractivity contribution in [3.8, 4) is 11.5 Å². The van der Waals surface area contributed by atoms with Gasteiger partial charge in [0.2, 0.25) is 5.95 Å². The maximum absolute atomic E-state index is 12.3. The SMILES string of the molecule is CCCn1nnnc1NCc1cc(Cl)c(OCC(=O)Nc2ccc(C)cc2)c(OCC)c1. The molecule has 2 N–H and O–H groups in total. The third-order valence-corrected chi connectivity index (χ3v) is 4.75. The molecule has 3 rings (SSSR count). The van der Waals surface area contributed by atoms with Crippen molar-refractivity contribution in [2.24, 2.45) is 0 Å². The van der Waals surface area contributed by atoms with E-state index in [2.05, 4.69) is 33.1 Å². The zero-order valence-electron chi connectivity index (χ0n) is 18.4. The Labute approximate surface area is 192 Å². The van der Waals surface area contributed by atoms with Gasteiger partial charge >= 0.3 is 0 Å². The number of aromatic nitrogens is 4. The zero-order chi connectivity index (χ0) is 22.9. The third kappa shape index (κ3) is 6.34. The number of nitrogens with zero attached hydrogens (tertiary/aromatic N) is 4. The fourth-order valence-corrected chi connectivity index (χ4v) is 3.26. The van der Waals surface area contributed by atoms with Crippen LogP contribution in [0, 0.1) is 6.92 Å². The van der Waals surface area contributed by atoms with E-state index < -0.39 is 0 Å². The summed E-state index contributed by atoms with van der Waals surface area (Å²) in [6.07, 6.45) is 0.920. The van der Waals surface area contributed by atoms with Gasteiger partial charge < -0.3 is 20.1 Å². The molecule has 0 aliphatic rings. The van der Waals surface area contributed by atoms with Gasteiger partial charge in [-0.25, -0.2) is 4.68 Å². The molecule has 0 unspecified atom stereocenters. The van der Waals surface area contributed by atoms with E-state index in [1.165, 1.54) is 0 Å². The smallest absolute Gasteiger partial charge is 0.262 e. The van der Waals surface area contributed by atoms with Crippen LogP contribution in [0.15, 0.2) is 36.4 Å². The summed E-state index contributed by atoms with van der Waals surface area (Å²) in [7, 11) is 0. The number of benzene rings is 2. The molecule has 1 heterocycles. The number of tetrazole rings is 1. The number of ether oxygens (including phenoxy) is 2. The Morgan fingerprint density at radius 2 is 1.94 bits per heavy atom. The molecule has 0 saturated heterocycles. The van der Waals surface area contributed by atoms with Crippen LogP contribution in [0.1, 0.15) is 31.4 Å². The summed E-state index contributed by atoms with van der Waals surface area (Å²) in [4.78, 5) is 12.3. The lowest BCUT2D eigenvalue weighted by Crippen LogP contribution is -2.20. The first-order chi connectivity index (χ1) is 15.5. The first kappa shape index (κ1) is 23.3. The number of aryl methyl sites for hydroxylation is 2. The molecule has 0 spiro atoms. The lowest BCUT2D eigenvalue weighted by Gasteiger charge is -2.15. The second kappa shape index (κ2) is 11.3. The molecular formula is C22H27ClN6O3. The number of amides is 1. The predicted molar refractivity (Wildman–Crippen MR) is 123 cm³/mol. The highest BCUT2D eigenvalue weighted by Crippen LogP contribution is 2.37. The van der Waals surface area contributed by atoms with E-state index in [-0.39, 0.29) is 12.5 Å². The highest BCUT2D eigenvalue weighted by molar-refractivity contribution is 6.32. The van der Waals surface area contributed by atoms with Crippen molar-refractivity contribution in [2.75, 3.05) is 23.8 Å². The summed E-state index contributed by atoms with van der Waals surface area (Å²) in [5.41, 5.74) is 2.68. The van der Waals surface area contributed by atoms with Crippen molar-refractivity contribution in [3.63, 3.8) is 0 Å². The molecule has 1 aromatic heterocycles. The molecule has 0 atom stereocenters. The minimum absolute atomic E-state index is 0.197. The van der Waals surface area contributed by atoms with Crippen LogP contribution >= 0.6 is 11.6 Å². The number of rotatable bonds is 11. The molecule has 9 nitrogen and oxygen atoms in total. The third-order valence-electron chi connectivity index (χ3n) is 4.47. The Kier molecular flexibility index (Phi) is 8.27. The van der Waals surface area contributed by atoms with Gasteiger partial charge in [-0.1, -0.05) is 41.3 Å². The number of carbonyl (C=O) groups excluding carboxylic acids is 1. The number of carbonyl (C=O) groups is 1. The summed E-state index contributed by atoms with van der Waals surface area (Å²) in [6.45, 7) is 7.30. The number of hydrogen-bond donors (Lipinski definition) is 2. The molecule has 0 fully saturated rings. The van der Waals surface area contributed by atoms with Crippen LogP contribution in [0.2, 0.25) is 5.02 Å². The average Bonchev–Trinajstić information content (AvgIpc) is 3.21. The lowest BCUT2D eigenvalue weighted by atomic mass is 10.2. The largest absolute Gasteiger partial charge is 0.490 e.